The zero-order valence-electron chi connectivity index (χ0n) is 16.2. The molecular weight excluding hydrogens is 362 g/mol. The molecule has 3 heterocycles. The number of aryl methyl sites for hydroxylation is 1. The number of carbonyl (C=O) groups excluding carboxylic acids is 1. The van der Waals surface area contributed by atoms with Gasteiger partial charge in [0.15, 0.2) is 0 Å². The Kier molecular flexibility index (Phi) is 4.31. The molecule has 1 atom stereocenters. The molecular formula is C23H21N5O. The van der Waals surface area contributed by atoms with E-state index in [2.05, 4.69) is 15.3 Å². The van der Waals surface area contributed by atoms with Crippen molar-refractivity contribution in [2.75, 3.05) is 13.1 Å². The molecule has 0 saturated carbocycles. The Labute approximate surface area is 168 Å². The maximum Gasteiger partial charge on any atom is 0.253 e. The van der Waals surface area contributed by atoms with E-state index >= 15 is 0 Å². The van der Waals surface area contributed by atoms with E-state index in [1.54, 1.807) is 6.20 Å². The summed E-state index contributed by atoms with van der Waals surface area (Å²) in [5.41, 5.74) is 4.65. The molecule has 6 nitrogen and oxygen atoms in total. The lowest BCUT2D eigenvalue weighted by molar-refractivity contribution is 0.0787. The van der Waals surface area contributed by atoms with Gasteiger partial charge in [0.1, 0.15) is 5.69 Å². The summed E-state index contributed by atoms with van der Waals surface area (Å²) in [6.07, 6.45) is 4.64. The molecule has 1 aliphatic heterocycles. The summed E-state index contributed by atoms with van der Waals surface area (Å²) in [5.74, 6) is 0.0565. The van der Waals surface area contributed by atoms with Crippen molar-refractivity contribution in [2.45, 2.75) is 19.4 Å². The third-order valence-electron chi connectivity index (χ3n) is 5.61. The molecule has 2 aromatic heterocycles. The van der Waals surface area contributed by atoms with Crippen LogP contribution in [-0.4, -0.2) is 43.9 Å². The number of fused-ring (bicyclic) bond motifs is 1. The smallest absolute Gasteiger partial charge is 0.253 e. The largest absolute Gasteiger partial charge is 0.336 e. The van der Waals surface area contributed by atoms with Gasteiger partial charge in [0.25, 0.3) is 5.91 Å². The number of hydrogen-bond donors (Lipinski definition) is 0. The zero-order valence-corrected chi connectivity index (χ0v) is 16.2. The number of aromatic nitrogens is 4. The van der Waals surface area contributed by atoms with Gasteiger partial charge in [-0.2, -0.15) is 0 Å². The number of carbonyl (C=O) groups is 1. The normalized spacial score (nSPS) is 16.4. The Hall–Kier alpha value is -3.54. The Morgan fingerprint density at radius 1 is 1.10 bits per heavy atom. The molecule has 1 saturated heterocycles. The fourth-order valence-electron chi connectivity index (χ4n) is 3.94. The van der Waals surface area contributed by atoms with E-state index in [1.165, 1.54) is 0 Å². The summed E-state index contributed by atoms with van der Waals surface area (Å²) in [7, 11) is 0. The highest BCUT2D eigenvalue weighted by atomic mass is 16.2. The van der Waals surface area contributed by atoms with Crippen LogP contribution in [0.1, 0.15) is 28.4 Å². The number of benzene rings is 2. The quantitative estimate of drug-likeness (QED) is 0.538. The fourth-order valence-corrected chi connectivity index (χ4v) is 3.94. The van der Waals surface area contributed by atoms with Crippen LogP contribution >= 0.6 is 0 Å². The van der Waals surface area contributed by atoms with Crippen molar-refractivity contribution in [3.63, 3.8) is 0 Å². The molecule has 2 aromatic carbocycles. The summed E-state index contributed by atoms with van der Waals surface area (Å²) >= 11 is 0. The molecule has 1 amide bonds. The van der Waals surface area contributed by atoms with E-state index in [4.69, 9.17) is 0 Å². The molecule has 0 radical (unpaired) electrons. The summed E-state index contributed by atoms with van der Waals surface area (Å²) in [4.78, 5) is 19.3. The highest BCUT2D eigenvalue weighted by Crippen LogP contribution is 2.26. The highest BCUT2D eigenvalue weighted by molar-refractivity contribution is 5.98. The van der Waals surface area contributed by atoms with Crippen molar-refractivity contribution in [3.05, 3.63) is 78.1 Å². The first-order valence-electron chi connectivity index (χ1n) is 9.81. The maximum atomic E-state index is 13.1. The van der Waals surface area contributed by atoms with Crippen molar-refractivity contribution >= 4 is 16.8 Å². The van der Waals surface area contributed by atoms with Gasteiger partial charge >= 0.3 is 0 Å². The molecule has 0 N–H and O–H groups in total. The Morgan fingerprint density at radius 3 is 2.83 bits per heavy atom. The number of amides is 1. The molecule has 0 aliphatic carbocycles. The van der Waals surface area contributed by atoms with Gasteiger partial charge in [-0.15, -0.1) is 5.10 Å². The van der Waals surface area contributed by atoms with Crippen LogP contribution in [0.4, 0.5) is 0 Å². The second kappa shape index (κ2) is 7.13. The summed E-state index contributed by atoms with van der Waals surface area (Å²) in [6.45, 7) is 3.40. The number of rotatable bonds is 3. The molecule has 29 heavy (non-hydrogen) atoms. The van der Waals surface area contributed by atoms with Crippen molar-refractivity contribution in [1.82, 2.24) is 24.9 Å². The van der Waals surface area contributed by atoms with Gasteiger partial charge < -0.3 is 4.90 Å². The van der Waals surface area contributed by atoms with Crippen LogP contribution < -0.4 is 0 Å². The standard InChI is InChI=1S/C23H21N5O/c1-16-9-11-24-21-8-7-18(13-20(16)21)23(29)27-12-10-19(14-27)28-15-22(25-26-28)17-5-3-2-4-6-17/h2-9,11,13,15,19H,10,12,14H2,1H3/t19-/m1/s1. The predicted octanol–water partition coefficient (Wildman–Crippen LogP) is 3.89. The topological polar surface area (TPSA) is 63.9 Å². The van der Waals surface area contributed by atoms with Crippen LogP contribution in [0.25, 0.3) is 22.2 Å². The van der Waals surface area contributed by atoms with E-state index in [9.17, 15) is 4.79 Å². The molecule has 5 rings (SSSR count). The molecule has 1 aliphatic rings. The first kappa shape index (κ1) is 17.6. The third kappa shape index (κ3) is 3.27. The fraction of sp³-hybridized carbons (Fsp3) is 0.217. The van der Waals surface area contributed by atoms with Crippen LogP contribution in [0.15, 0.2) is 67.0 Å². The highest BCUT2D eigenvalue weighted by Gasteiger charge is 2.29. The zero-order chi connectivity index (χ0) is 19.8. The SMILES string of the molecule is Cc1ccnc2ccc(C(=O)N3CC[C@@H](n4cc(-c5ccccc5)nn4)C3)cc12. The van der Waals surface area contributed by atoms with E-state index in [0.717, 1.165) is 34.1 Å². The second-order valence-corrected chi connectivity index (χ2v) is 7.50. The van der Waals surface area contributed by atoms with Crippen molar-refractivity contribution in [2.24, 2.45) is 0 Å². The minimum atomic E-state index is 0.0565. The maximum absolute atomic E-state index is 13.1. The van der Waals surface area contributed by atoms with E-state index in [1.807, 2.05) is 77.3 Å². The number of likely N-dealkylation sites (tertiary alicyclic amines) is 1. The van der Waals surface area contributed by atoms with E-state index in [-0.39, 0.29) is 11.9 Å². The van der Waals surface area contributed by atoms with Crippen molar-refractivity contribution in [3.8, 4) is 11.3 Å². The minimum absolute atomic E-state index is 0.0565. The molecule has 1 fully saturated rings. The van der Waals surface area contributed by atoms with Gasteiger partial charge in [0.05, 0.1) is 17.8 Å². The third-order valence-corrected chi connectivity index (χ3v) is 5.61. The van der Waals surface area contributed by atoms with Gasteiger partial charge in [-0.1, -0.05) is 35.5 Å². The Morgan fingerprint density at radius 2 is 1.97 bits per heavy atom. The monoisotopic (exact) mass is 383 g/mol. The average molecular weight is 383 g/mol. The van der Waals surface area contributed by atoms with E-state index in [0.29, 0.717) is 18.7 Å². The first-order valence-corrected chi connectivity index (χ1v) is 9.81. The van der Waals surface area contributed by atoms with Crippen LogP contribution in [-0.2, 0) is 0 Å². The van der Waals surface area contributed by atoms with Crippen LogP contribution in [0.3, 0.4) is 0 Å². The minimum Gasteiger partial charge on any atom is -0.336 e. The van der Waals surface area contributed by atoms with Crippen molar-refractivity contribution in [1.29, 1.82) is 0 Å². The van der Waals surface area contributed by atoms with Gasteiger partial charge in [0, 0.05) is 35.8 Å². The molecule has 0 bridgehead atoms. The predicted molar refractivity (Wildman–Crippen MR) is 111 cm³/mol. The molecule has 6 heteroatoms. The average Bonchev–Trinajstić information content (AvgIpc) is 3.44. The van der Waals surface area contributed by atoms with Crippen molar-refractivity contribution < 1.29 is 4.79 Å². The van der Waals surface area contributed by atoms with E-state index < -0.39 is 0 Å². The molecule has 0 unspecified atom stereocenters. The van der Waals surface area contributed by atoms with Crippen LogP contribution in [0, 0.1) is 6.92 Å². The summed E-state index contributed by atoms with van der Waals surface area (Å²) < 4.78 is 1.89. The Balaban J connectivity index is 1.34. The van der Waals surface area contributed by atoms with Gasteiger partial charge in [-0.25, -0.2) is 4.68 Å². The number of hydrogen-bond acceptors (Lipinski definition) is 4. The lowest BCUT2D eigenvalue weighted by Crippen LogP contribution is -2.29. The molecule has 0 spiro atoms. The second-order valence-electron chi connectivity index (χ2n) is 7.50. The van der Waals surface area contributed by atoms with Gasteiger partial charge in [-0.05, 0) is 43.2 Å². The molecule has 4 aromatic rings. The first-order chi connectivity index (χ1) is 14.2. The lowest BCUT2D eigenvalue weighted by Gasteiger charge is -2.17. The lowest BCUT2D eigenvalue weighted by atomic mass is 10.1. The number of nitrogens with zero attached hydrogens (tertiary/aromatic N) is 5. The Bertz CT molecular complexity index is 1180. The van der Waals surface area contributed by atoms with Crippen LogP contribution in [0.5, 0.6) is 0 Å². The summed E-state index contributed by atoms with van der Waals surface area (Å²) in [6, 6.07) is 17.9. The number of pyridine rings is 1. The molecule has 144 valence electrons. The van der Waals surface area contributed by atoms with Gasteiger partial charge in [0.2, 0.25) is 0 Å². The van der Waals surface area contributed by atoms with Gasteiger partial charge in [-0.3, -0.25) is 9.78 Å². The summed E-state index contributed by atoms with van der Waals surface area (Å²) in [5, 5.41) is 9.65. The van der Waals surface area contributed by atoms with Crippen LogP contribution in [0.2, 0.25) is 0 Å².